The molecule has 2 aromatic carbocycles. The van der Waals surface area contributed by atoms with Gasteiger partial charge in [0.15, 0.2) is 0 Å². The molecular weight excluding hydrogens is 441 g/mol. The molecule has 0 unspecified atom stereocenters. The van der Waals surface area contributed by atoms with Gasteiger partial charge in [0.25, 0.3) is 0 Å². The van der Waals surface area contributed by atoms with Crippen LogP contribution in [0.25, 0.3) is 0 Å². The number of nitrogens with zero attached hydrogens (tertiary/aromatic N) is 1. The van der Waals surface area contributed by atoms with Gasteiger partial charge in [-0.05, 0) is 36.8 Å². The van der Waals surface area contributed by atoms with Crippen LogP contribution < -0.4 is 15.4 Å². The summed E-state index contributed by atoms with van der Waals surface area (Å²) in [6.45, 7) is 0.332. The zero-order valence-electron chi connectivity index (χ0n) is 17.4. The van der Waals surface area contributed by atoms with Gasteiger partial charge in [0.1, 0.15) is 17.8 Å². The summed E-state index contributed by atoms with van der Waals surface area (Å²) in [4.78, 5) is 24.3. The summed E-state index contributed by atoms with van der Waals surface area (Å²) < 4.78 is 50.8. The van der Waals surface area contributed by atoms with Crippen molar-refractivity contribution in [3.63, 3.8) is 0 Å². The molecule has 9 nitrogen and oxygen atoms in total. The first kappa shape index (κ1) is 23.6. The van der Waals surface area contributed by atoms with E-state index in [1.54, 1.807) is 24.3 Å². The summed E-state index contributed by atoms with van der Waals surface area (Å²) in [7, 11) is -2.47. The quantitative estimate of drug-likeness (QED) is 0.590. The van der Waals surface area contributed by atoms with Gasteiger partial charge in [0.05, 0.1) is 25.2 Å². The van der Waals surface area contributed by atoms with E-state index in [1.165, 1.54) is 19.2 Å². The molecule has 2 amide bonds. The van der Waals surface area contributed by atoms with E-state index in [0.29, 0.717) is 24.3 Å². The second kappa shape index (κ2) is 10.5. The molecule has 1 saturated heterocycles. The first-order chi connectivity index (χ1) is 15.3. The highest BCUT2D eigenvalue weighted by atomic mass is 32.2. The Morgan fingerprint density at radius 3 is 2.53 bits per heavy atom. The second-order valence-corrected chi connectivity index (χ2v) is 8.84. The number of ether oxygens (including phenoxy) is 2. The van der Waals surface area contributed by atoms with Crippen molar-refractivity contribution in [2.45, 2.75) is 24.1 Å². The van der Waals surface area contributed by atoms with Crippen molar-refractivity contribution >= 4 is 21.8 Å². The Morgan fingerprint density at radius 1 is 1.12 bits per heavy atom. The van der Waals surface area contributed by atoms with E-state index in [1.807, 2.05) is 0 Å². The van der Waals surface area contributed by atoms with Crippen LogP contribution in [0.1, 0.15) is 12.0 Å². The number of carbonyl (C=O) groups excluding carboxylic acids is 2. The third-order valence-corrected chi connectivity index (χ3v) is 6.75. The molecule has 1 aliphatic rings. The zero-order chi connectivity index (χ0) is 23.1. The van der Waals surface area contributed by atoms with Gasteiger partial charge in [0, 0.05) is 18.7 Å². The topological polar surface area (TPSA) is 114 Å². The van der Waals surface area contributed by atoms with Crippen molar-refractivity contribution in [3.05, 3.63) is 59.9 Å². The number of hydrogen-bond acceptors (Lipinski definition) is 6. The predicted octanol–water partition coefficient (Wildman–Crippen LogP) is 1.00. The number of benzene rings is 2. The molecule has 2 N–H and O–H groups in total. The van der Waals surface area contributed by atoms with Crippen LogP contribution in [0.5, 0.6) is 5.75 Å². The molecule has 0 saturated carbocycles. The van der Waals surface area contributed by atoms with Gasteiger partial charge in [0.2, 0.25) is 10.0 Å². The first-order valence-corrected chi connectivity index (χ1v) is 11.3. The summed E-state index contributed by atoms with van der Waals surface area (Å²) in [5.41, 5.74) is 0.698. The number of rotatable bonds is 7. The molecule has 0 aromatic heterocycles. The molecule has 1 fully saturated rings. The molecule has 2 aromatic rings. The normalized spacial score (nSPS) is 16.9. The molecule has 0 aliphatic carbocycles. The fourth-order valence-corrected chi connectivity index (χ4v) is 4.77. The summed E-state index contributed by atoms with van der Waals surface area (Å²) in [5, 5.41) is 4.90. The van der Waals surface area contributed by atoms with Crippen LogP contribution in [-0.2, 0) is 30.9 Å². The largest absolute Gasteiger partial charge is 0.496 e. The minimum absolute atomic E-state index is 0.0846. The highest BCUT2D eigenvalue weighted by Crippen LogP contribution is 2.22. The van der Waals surface area contributed by atoms with E-state index in [4.69, 9.17) is 9.47 Å². The number of halogens is 1. The van der Waals surface area contributed by atoms with Crippen LogP contribution in [0.15, 0.2) is 53.4 Å². The smallest absolute Gasteiger partial charge is 0.309 e. The minimum Gasteiger partial charge on any atom is -0.496 e. The number of nitrogens with one attached hydrogen (secondary N) is 2. The molecule has 0 bridgehead atoms. The van der Waals surface area contributed by atoms with E-state index in [9.17, 15) is 22.4 Å². The summed E-state index contributed by atoms with van der Waals surface area (Å²) in [6, 6.07) is 11.5. The Bertz CT molecular complexity index is 1060. The van der Waals surface area contributed by atoms with Crippen LogP contribution in [-0.4, -0.2) is 57.6 Å². The lowest BCUT2D eigenvalue weighted by atomic mass is 10.2. The molecule has 1 aliphatic heterocycles. The van der Waals surface area contributed by atoms with Crippen molar-refractivity contribution in [1.82, 2.24) is 14.9 Å². The van der Waals surface area contributed by atoms with E-state index in [-0.39, 0.29) is 24.5 Å². The Labute approximate surface area is 185 Å². The van der Waals surface area contributed by atoms with Crippen LogP contribution in [0.2, 0.25) is 0 Å². The van der Waals surface area contributed by atoms with Gasteiger partial charge in [-0.1, -0.05) is 18.2 Å². The minimum atomic E-state index is -3.97. The number of amides is 2. The number of hydrogen-bond donors (Lipinski definition) is 2. The zero-order valence-corrected chi connectivity index (χ0v) is 18.2. The van der Waals surface area contributed by atoms with Crippen LogP contribution in [0.3, 0.4) is 0 Å². The molecule has 172 valence electrons. The number of methoxy groups -OCH3 is 1. The lowest BCUT2D eigenvalue weighted by molar-refractivity contribution is -0.140. The van der Waals surface area contributed by atoms with Gasteiger partial charge in [-0.2, -0.15) is 4.31 Å². The fourth-order valence-electron chi connectivity index (χ4n) is 3.21. The highest BCUT2D eigenvalue weighted by molar-refractivity contribution is 7.89. The molecular formula is C21H24FN3O6S. The van der Waals surface area contributed by atoms with Crippen LogP contribution in [0, 0.1) is 5.82 Å². The third-order valence-electron chi connectivity index (χ3n) is 4.85. The summed E-state index contributed by atoms with van der Waals surface area (Å²) in [5.74, 6) is -1.78. The van der Waals surface area contributed by atoms with Crippen molar-refractivity contribution in [2.24, 2.45) is 0 Å². The van der Waals surface area contributed by atoms with E-state index >= 15 is 0 Å². The van der Waals surface area contributed by atoms with E-state index in [2.05, 4.69) is 10.6 Å². The molecule has 0 spiro atoms. The van der Waals surface area contributed by atoms with Gasteiger partial charge >= 0.3 is 11.8 Å². The maximum atomic E-state index is 13.2. The second-order valence-electron chi connectivity index (χ2n) is 6.95. The standard InChI is InChI=1S/C21H24FN3O6S/c1-30-18-6-3-2-5-15(18)13-23-20(26)21(27)24-14-19-25(11-4-12-31-19)32(28,29)17-9-7-16(22)8-10-17/h2-3,5-10,19H,4,11-14H2,1H3,(H,23,26)(H,24,27)/t19-/m1/s1. The third kappa shape index (κ3) is 5.61. The average molecular weight is 466 g/mol. The molecule has 3 rings (SSSR count). The van der Waals surface area contributed by atoms with Crippen molar-refractivity contribution < 1.29 is 31.9 Å². The predicted molar refractivity (Wildman–Crippen MR) is 112 cm³/mol. The number of sulfonamides is 1. The monoisotopic (exact) mass is 465 g/mol. The van der Waals surface area contributed by atoms with Crippen molar-refractivity contribution in [2.75, 3.05) is 26.8 Å². The Morgan fingerprint density at radius 2 is 1.81 bits per heavy atom. The van der Waals surface area contributed by atoms with Gasteiger partial charge in [-0.15, -0.1) is 0 Å². The van der Waals surface area contributed by atoms with E-state index < -0.39 is 33.9 Å². The summed E-state index contributed by atoms with van der Waals surface area (Å²) >= 11 is 0. The van der Waals surface area contributed by atoms with Gasteiger partial charge in [-0.25, -0.2) is 12.8 Å². The first-order valence-electron chi connectivity index (χ1n) is 9.90. The van der Waals surface area contributed by atoms with Crippen LogP contribution >= 0.6 is 0 Å². The molecule has 1 heterocycles. The molecule has 11 heteroatoms. The molecule has 32 heavy (non-hydrogen) atoms. The average Bonchev–Trinajstić information content (AvgIpc) is 2.81. The Kier molecular flexibility index (Phi) is 7.78. The molecule has 1 atom stereocenters. The molecule has 0 radical (unpaired) electrons. The number of carbonyl (C=O) groups is 2. The lowest BCUT2D eigenvalue weighted by Gasteiger charge is -2.34. The van der Waals surface area contributed by atoms with Crippen molar-refractivity contribution in [1.29, 1.82) is 0 Å². The van der Waals surface area contributed by atoms with Crippen LogP contribution in [0.4, 0.5) is 4.39 Å². The fraction of sp³-hybridized carbons (Fsp3) is 0.333. The maximum Gasteiger partial charge on any atom is 0.309 e. The maximum absolute atomic E-state index is 13.2. The Balaban J connectivity index is 1.59. The van der Waals surface area contributed by atoms with Gasteiger partial charge < -0.3 is 20.1 Å². The number of para-hydroxylation sites is 1. The van der Waals surface area contributed by atoms with Crippen molar-refractivity contribution in [3.8, 4) is 5.75 Å². The lowest BCUT2D eigenvalue weighted by Crippen LogP contribution is -2.53. The summed E-state index contributed by atoms with van der Waals surface area (Å²) in [6.07, 6.45) is -0.533. The van der Waals surface area contributed by atoms with Gasteiger partial charge in [-0.3, -0.25) is 9.59 Å². The van der Waals surface area contributed by atoms with E-state index in [0.717, 1.165) is 16.4 Å². The highest BCUT2D eigenvalue weighted by Gasteiger charge is 2.35. The Hall–Kier alpha value is -3.02. The SMILES string of the molecule is COc1ccccc1CNC(=O)C(=O)NC[C@H]1OCCCN1S(=O)(=O)c1ccc(F)cc1.